The minimum absolute atomic E-state index is 0.855. The average molecular weight is 140 g/mol. The van der Waals surface area contributed by atoms with Crippen LogP contribution in [0.1, 0.15) is 13.3 Å². The first kappa shape index (κ1) is 7.08. The zero-order chi connectivity index (χ0) is 7.40. The molecule has 0 amide bonds. The lowest BCUT2D eigenvalue weighted by molar-refractivity contribution is 0.603. The number of anilines is 1. The maximum absolute atomic E-state index is 5.16. The number of aromatic nitrogens is 2. The Labute approximate surface area is 60.0 Å². The van der Waals surface area contributed by atoms with Gasteiger partial charge < -0.3 is 5.43 Å². The molecule has 4 heteroatoms. The summed E-state index contributed by atoms with van der Waals surface area (Å²) >= 11 is 0. The summed E-state index contributed by atoms with van der Waals surface area (Å²) in [5, 5.41) is 4.05. The van der Waals surface area contributed by atoms with Gasteiger partial charge in [0.1, 0.15) is 0 Å². The molecule has 4 nitrogen and oxygen atoms in total. The van der Waals surface area contributed by atoms with Gasteiger partial charge in [-0.05, 0) is 6.42 Å². The zero-order valence-electron chi connectivity index (χ0n) is 6.04. The summed E-state index contributed by atoms with van der Waals surface area (Å²) in [6.07, 6.45) is 4.67. The van der Waals surface area contributed by atoms with E-state index in [2.05, 4.69) is 17.4 Å². The van der Waals surface area contributed by atoms with E-state index < -0.39 is 0 Å². The molecule has 1 heterocycles. The Bertz CT molecular complexity index is 193. The fourth-order valence-electron chi connectivity index (χ4n) is 0.789. The van der Waals surface area contributed by atoms with Crippen LogP contribution in [0, 0.1) is 0 Å². The van der Waals surface area contributed by atoms with Crippen molar-refractivity contribution in [1.82, 2.24) is 9.78 Å². The van der Waals surface area contributed by atoms with Gasteiger partial charge in [-0.1, -0.05) is 6.92 Å². The van der Waals surface area contributed by atoms with Crippen molar-refractivity contribution in [3.05, 3.63) is 12.4 Å². The molecule has 0 atom stereocenters. The van der Waals surface area contributed by atoms with Crippen molar-refractivity contribution in [2.45, 2.75) is 19.9 Å². The number of rotatable bonds is 3. The number of nitrogens with zero attached hydrogens (tertiary/aromatic N) is 2. The van der Waals surface area contributed by atoms with Gasteiger partial charge in [0.15, 0.2) is 0 Å². The van der Waals surface area contributed by atoms with E-state index in [4.69, 9.17) is 5.84 Å². The van der Waals surface area contributed by atoms with Crippen LogP contribution < -0.4 is 11.3 Å². The molecule has 0 saturated carbocycles. The Morgan fingerprint density at radius 3 is 3.10 bits per heavy atom. The van der Waals surface area contributed by atoms with Crippen LogP contribution in [0.5, 0.6) is 0 Å². The van der Waals surface area contributed by atoms with Crippen molar-refractivity contribution >= 4 is 5.69 Å². The van der Waals surface area contributed by atoms with Gasteiger partial charge >= 0.3 is 0 Å². The molecule has 0 fully saturated rings. The molecule has 1 aromatic heterocycles. The Morgan fingerprint density at radius 1 is 1.80 bits per heavy atom. The van der Waals surface area contributed by atoms with Crippen LogP contribution in [0.25, 0.3) is 0 Å². The first-order chi connectivity index (χ1) is 4.86. The van der Waals surface area contributed by atoms with Crippen molar-refractivity contribution in [2.24, 2.45) is 5.84 Å². The summed E-state index contributed by atoms with van der Waals surface area (Å²) in [5.74, 6) is 5.16. The second-order valence-corrected chi connectivity index (χ2v) is 2.14. The lowest BCUT2D eigenvalue weighted by Crippen LogP contribution is -2.05. The topological polar surface area (TPSA) is 55.9 Å². The molecule has 0 aromatic carbocycles. The largest absolute Gasteiger partial charge is 0.321 e. The first-order valence-corrected chi connectivity index (χ1v) is 3.36. The molecular formula is C6H12N4. The standard InChI is InChI=1S/C6H12N4/c1-2-3-10-5-6(9-7)4-8-10/h4-5,9H,2-3,7H2,1H3. The summed E-state index contributed by atoms with van der Waals surface area (Å²) in [7, 11) is 0. The van der Waals surface area contributed by atoms with E-state index in [1.807, 2.05) is 10.9 Å². The number of hydrogen-bond donors (Lipinski definition) is 2. The number of nitrogens with one attached hydrogen (secondary N) is 1. The molecule has 0 bridgehead atoms. The number of nitrogen functional groups attached to an aromatic ring is 1. The molecule has 1 rings (SSSR count). The molecule has 0 aliphatic rings. The zero-order valence-corrected chi connectivity index (χ0v) is 6.04. The highest BCUT2D eigenvalue weighted by Crippen LogP contribution is 2.01. The second-order valence-electron chi connectivity index (χ2n) is 2.14. The van der Waals surface area contributed by atoms with Gasteiger partial charge in [-0.2, -0.15) is 5.10 Å². The fourth-order valence-corrected chi connectivity index (χ4v) is 0.789. The van der Waals surface area contributed by atoms with Crippen LogP contribution in [-0.2, 0) is 6.54 Å². The molecular weight excluding hydrogens is 128 g/mol. The van der Waals surface area contributed by atoms with Gasteiger partial charge in [0.05, 0.1) is 11.9 Å². The molecule has 0 radical (unpaired) electrons. The molecule has 1 aromatic rings. The van der Waals surface area contributed by atoms with Crippen LogP contribution >= 0.6 is 0 Å². The first-order valence-electron chi connectivity index (χ1n) is 3.36. The maximum Gasteiger partial charge on any atom is 0.0868 e. The van der Waals surface area contributed by atoms with E-state index in [0.717, 1.165) is 18.7 Å². The van der Waals surface area contributed by atoms with Crippen LogP contribution in [0.2, 0.25) is 0 Å². The van der Waals surface area contributed by atoms with Crippen LogP contribution in [0.3, 0.4) is 0 Å². The van der Waals surface area contributed by atoms with Crippen molar-refractivity contribution in [3.8, 4) is 0 Å². The Balaban J connectivity index is 2.59. The summed E-state index contributed by atoms with van der Waals surface area (Å²) < 4.78 is 1.86. The highest BCUT2D eigenvalue weighted by atomic mass is 15.3. The summed E-state index contributed by atoms with van der Waals surface area (Å²) in [4.78, 5) is 0. The van der Waals surface area contributed by atoms with Crippen LogP contribution in [-0.4, -0.2) is 9.78 Å². The monoisotopic (exact) mass is 140 g/mol. The predicted octanol–water partition coefficient (Wildman–Crippen LogP) is 0.579. The quantitative estimate of drug-likeness (QED) is 0.477. The number of nitrogens with two attached hydrogens (primary N) is 1. The molecule has 0 aliphatic heterocycles. The van der Waals surface area contributed by atoms with Gasteiger partial charge in [-0.25, -0.2) is 0 Å². The third-order valence-electron chi connectivity index (χ3n) is 1.25. The Morgan fingerprint density at radius 2 is 2.60 bits per heavy atom. The van der Waals surface area contributed by atoms with Gasteiger partial charge in [-0.15, -0.1) is 0 Å². The number of aryl methyl sites for hydroxylation is 1. The van der Waals surface area contributed by atoms with Gasteiger partial charge in [0.25, 0.3) is 0 Å². The van der Waals surface area contributed by atoms with Crippen molar-refractivity contribution < 1.29 is 0 Å². The summed E-state index contributed by atoms with van der Waals surface area (Å²) in [6, 6.07) is 0. The fraction of sp³-hybridized carbons (Fsp3) is 0.500. The van der Waals surface area contributed by atoms with Crippen LogP contribution in [0.15, 0.2) is 12.4 Å². The summed E-state index contributed by atoms with van der Waals surface area (Å²) in [6.45, 7) is 3.05. The highest BCUT2D eigenvalue weighted by Gasteiger charge is 1.92. The van der Waals surface area contributed by atoms with Crippen molar-refractivity contribution in [2.75, 3.05) is 5.43 Å². The highest BCUT2D eigenvalue weighted by molar-refractivity contribution is 5.35. The van der Waals surface area contributed by atoms with Crippen molar-refractivity contribution in [3.63, 3.8) is 0 Å². The Kier molecular flexibility index (Phi) is 2.28. The maximum atomic E-state index is 5.16. The van der Waals surface area contributed by atoms with E-state index in [1.165, 1.54) is 0 Å². The van der Waals surface area contributed by atoms with E-state index in [-0.39, 0.29) is 0 Å². The molecule has 0 aliphatic carbocycles. The molecule has 0 spiro atoms. The van der Waals surface area contributed by atoms with E-state index in [0.29, 0.717) is 0 Å². The molecule has 3 N–H and O–H groups in total. The summed E-state index contributed by atoms with van der Waals surface area (Å²) in [5.41, 5.74) is 3.38. The third-order valence-corrected chi connectivity index (χ3v) is 1.25. The van der Waals surface area contributed by atoms with Crippen molar-refractivity contribution in [1.29, 1.82) is 0 Å². The molecule has 0 saturated heterocycles. The lowest BCUT2D eigenvalue weighted by atomic mass is 10.5. The normalized spacial score (nSPS) is 9.80. The minimum Gasteiger partial charge on any atom is -0.321 e. The molecule has 0 unspecified atom stereocenters. The van der Waals surface area contributed by atoms with E-state index in [9.17, 15) is 0 Å². The Hall–Kier alpha value is -1.03. The lowest BCUT2D eigenvalue weighted by Gasteiger charge is -1.94. The van der Waals surface area contributed by atoms with Gasteiger partial charge in [0.2, 0.25) is 0 Å². The molecule has 56 valence electrons. The number of hydrogen-bond acceptors (Lipinski definition) is 3. The third kappa shape index (κ3) is 1.48. The van der Waals surface area contributed by atoms with Crippen LogP contribution in [0.4, 0.5) is 5.69 Å². The van der Waals surface area contributed by atoms with Gasteiger partial charge in [-0.3, -0.25) is 10.5 Å². The molecule has 10 heavy (non-hydrogen) atoms. The SMILES string of the molecule is CCCn1cc(NN)cn1. The average Bonchev–Trinajstić information content (AvgIpc) is 2.37. The minimum atomic E-state index is 0.855. The second kappa shape index (κ2) is 3.22. The number of hydrazine groups is 1. The predicted molar refractivity (Wildman–Crippen MR) is 40.3 cm³/mol. The van der Waals surface area contributed by atoms with E-state index in [1.54, 1.807) is 6.20 Å². The van der Waals surface area contributed by atoms with E-state index >= 15 is 0 Å². The van der Waals surface area contributed by atoms with Gasteiger partial charge in [0, 0.05) is 12.7 Å². The smallest absolute Gasteiger partial charge is 0.0868 e.